The lowest BCUT2D eigenvalue weighted by atomic mass is 10.3. The highest BCUT2D eigenvalue weighted by molar-refractivity contribution is 7.89. The van der Waals surface area contributed by atoms with Crippen LogP contribution in [0.4, 0.5) is 5.69 Å². The summed E-state index contributed by atoms with van der Waals surface area (Å²) >= 11 is 0. The zero-order valence-electron chi connectivity index (χ0n) is 15.1. The molecule has 0 aliphatic carbocycles. The van der Waals surface area contributed by atoms with Crippen LogP contribution in [0, 0.1) is 0 Å². The van der Waals surface area contributed by atoms with Gasteiger partial charge in [0.2, 0.25) is 15.9 Å². The van der Waals surface area contributed by atoms with Crippen molar-refractivity contribution in [1.82, 2.24) is 9.62 Å². The molecule has 0 saturated heterocycles. The standard InChI is InChI=1S/C16H23N3O6S/c1-5-17-16(22)11(2)25-15(21)10-19(4)26(23,24)14-8-6-13(7-9-14)18-12(3)20/h6-9,11H,5,10H2,1-4H3,(H,17,22)(H,18,20)/t11-/m1/s1. The number of nitrogens with one attached hydrogen (secondary N) is 2. The molecular formula is C16H23N3O6S. The predicted molar refractivity (Wildman–Crippen MR) is 94.8 cm³/mol. The fraction of sp³-hybridized carbons (Fsp3) is 0.438. The van der Waals surface area contributed by atoms with Gasteiger partial charge >= 0.3 is 5.97 Å². The fourth-order valence-corrected chi connectivity index (χ4v) is 3.08. The van der Waals surface area contributed by atoms with Crippen LogP contribution in [0.15, 0.2) is 29.2 Å². The van der Waals surface area contributed by atoms with Crippen LogP contribution < -0.4 is 10.6 Å². The fourth-order valence-electron chi connectivity index (χ4n) is 1.97. The number of ether oxygens (including phenoxy) is 1. The lowest BCUT2D eigenvalue weighted by Crippen LogP contribution is -2.39. The number of nitrogens with zero attached hydrogens (tertiary/aromatic N) is 1. The minimum Gasteiger partial charge on any atom is -0.452 e. The number of anilines is 1. The maximum atomic E-state index is 12.5. The number of hydrogen-bond donors (Lipinski definition) is 2. The Morgan fingerprint density at radius 2 is 1.77 bits per heavy atom. The van der Waals surface area contributed by atoms with E-state index in [1.807, 2.05) is 0 Å². The molecule has 2 N–H and O–H groups in total. The average molecular weight is 385 g/mol. The Morgan fingerprint density at radius 3 is 2.27 bits per heavy atom. The number of carbonyl (C=O) groups excluding carboxylic acids is 3. The van der Waals surface area contributed by atoms with E-state index in [1.54, 1.807) is 6.92 Å². The number of likely N-dealkylation sites (N-methyl/N-ethyl adjacent to an activating group) is 2. The molecule has 0 fully saturated rings. The molecule has 0 radical (unpaired) electrons. The first-order valence-electron chi connectivity index (χ1n) is 7.89. The molecule has 26 heavy (non-hydrogen) atoms. The summed E-state index contributed by atoms with van der Waals surface area (Å²) in [5.41, 5.74) is 0.453. The first kappa shape index (κ1) is 21.6. The van der Waals surface area contributed by atoms with Gasteiger partial charge in [-0.2, -0.15) is 4.31 Å². The molecule has 1 aromatic rings. The molecule has 0 aromatic heterocycles. The van der Waals surface area contributed by atoms with Gasteiger partial charge in [0, 0.05) is 26.2 Å². The van der Waals surface area contributed by atoms with Crippen molar-refractivity contribution in [2.24, 2.45) is 0 Å². The van der Waals surface area contributed by atoms with Gasteiger partial charge in [-0.05, 0) is 38.1 Å². The van der Waals surface area contributed by atoms with Crippen LogP contribution in [0.1, 0.15) is 20.8 Å². The zero-order valence-corrected chi connectivity index (χ0v) is 15.9. The molecule has 0 spiro atoms. The summed E-state index contributed by atoms with van der Waals surface area (Å²) in [5, 5.41) is 5.03. The van der Waals surface area contributed by atoms with Gasteiger partial charge in [0.25, 0.3) is 5.91 Å². The third kappa shape index (κ3) is 6.12. The molecule has 1 rings (SSSR count). The molecule has 0 unspecified atom stereocenters. The smallest absolute Gasteiger partial charge is 0.322 e. The Hall–Kier alpha value is -2.46. The number of benzene rings is 1. The van der Waals surface area contributed by atoms with Crippen LogP contribution in [0.2, 0.25) is 0 Å². The molecule has 0 aliphatic heterocycles. The van der Waals surface area contributed by atoms with E-state index >= 15 is 0 Å². The van der Waals surface area contributed by atoms with Crippen LogP contribution in [-0.2, 0) is 29.1 Å². The van der Waals surface area contributed by atoms with Crippen molar-refractivity contribution in [3.63, 3.8) is 0 Å². The summed E-state index contributed by atoms with van der Waals surface area (Å²) in [7, 11) is -2.70. The highest BCUT2D eigenvalue weighted by Gasteiger charge is 2.25. The van der Waals surface area contributed by atoms with Crippen LogP contribution in [0.3, 0.4) is 0 Å². The van der Waals surface area contributed by atoms with E-state index in [2.05, 4.69) is 10.6 Å². The Balaban J connectivity index is 2.75. The second-order valence-electron chi connectivity index (χ2n) is 5.49. The first-order valence-corrected chi connectivity index (χ1v) is 9.33. The zero-order chi connectivity index (χ0) is 19.9. The normalized spacial score (nSPS) is 12.3. The molecular weight excluding hydrogens is 362 g/mol. The van der Waals surface area contributed by atoms with Gasteiger partial charge in [0.1, 0.15) is 6.54 Å². The molecule has 1 atom stereocenters. The van der Waals surface area contributed by atoms with E-state index in [1.165, 1.54) is 45.2 Å². The Labute approximate surface area is 152 Å². The minimum atomic E-state index is -3.93. The molecule has 144 valence electrons. The Morgan fingerprint density at radius 1 is 1.19 bits per heavy atom. The van der Waals surface area contributed by atoms with Crippen molar-refractivity contribution in [2.45, 2.75) is 31.8 Å². The second kappa shape index (κ2) is 9.30. The van der Waals surface area contributed by atoms with Gasteiger partial charge < -0.3 is 15.4 Å². The van der Waals surface area contributed by atoms with Crippen LogP contribution in [0.25, 0.3) is 0 Å². The molecule has 0 saturated carbocycles. The largest absolute Gasteiger partial charge is 0.452 e. The highest BCUT2D eigenvalue weighted by atomic mass is 32.2. The molecule has 0 heterocycles. The van der Waals surface area contributed by atoms with E-state index in [9.17, 15) is 22.8 Å². The van der Waals surface area contributed by atoms with Crippen molar-refractivity contribution in [3.8, 4) is 0 Å². The van der Waals surface area contributed by atoms with E-state index in [4.69, 9.17) is 4.74 Å². The van der Waals surface area contributed by atoms with Crippen LogP contribution >= 0.6 is 0 Å². The lowest BCUT2D eigenvalue weighted by molar-refractivity contribution is -0.154. The summed E-state index contributed by atoms with van der Waals surface area (Å²) in [5.74, 6) is -1.58. The highest BCUT2D eigenvalue weighted by Crippen LogP contribution is 2.17. The number of carbonyl (C=O) groups is 3. The summed E-state index contributed by atoms with van der Waals surface area (Å²) in [6.45, 7) is 4.32. The number of rotatable bonds is 8. The van der Waals surface area contributed by atoms with Crippen LogP contribution in [0.5, 0.6) is 0 Å². The maximum Gasteiger partial charge on any atom is 0.322 e. The molecule has 10 heteroatoms. The van der Waals surface area contributed by atoms with Gasteiger partial charge in [0.15, 0.2) is 6.10 Å². The number of esters is 1. The number of hydrogen-bond acceptors (Lipinski definition) is 6. The van der Waals surface area contributed by atoms with E-state index in [0.717, 1.165) is 4.31 Å². The lowest BCUT2D eigenvalue weighted by Gasteiger charge is -2.18. The monoisotopic (exact) mass is 385 g/mol. The predicted octanol–water partition coefficient (Wildman–Crippen LogP) is 0.333. The molecule has 0 bridgehead atoms. The molecule has 1 aromatic carbocycles. The van der Waals surface area contributed by atoms with Gasteiger partial charge in [-0.3, -0.25) is 14.4 Å². The van der Waals surface area contributed by atoms with E-state index in [0.29, 0.717) is 12.2 Å². The SMILES string of the molecule is CCNC(=O)[C@@H](C)OC(=O)CN(C)S(=O)(=O)c1ccc(NC(C)=O)cc1. The third-order valence-corrected chi connectivity index (χ3v) is 5.08. The van der Waals surface area contributed by atoms with Gasteiger partial charge in [-0.15, -0.1) is 0 Å². The molecule has 2 amide bonds. The van der Waals surface area contributed by atoms with Crippen LogP contribution in [-0.4, -0.2) is 56.7 Å². The minimum absolute atomic E-state index is 0.0429. The Bertz CT molecular complexity index is 761. The Kier molecular flexibility index (Phi) is 7.72. The van der Waals surface area contributed by atoms with Gasteiger partial charge in [0.05, 0.1) is 4.90 Å². The number of amides is 2. The van der Waals surface area contributed by atoms with Crippen molar-refractivity contribution in [1.29, 1.82) is 0 Å². The molecule has 0 aliphatic rings. The quantitative estimate of drug-likeness (QED) is 0.622. The average Bonchev–Trinajstić information content (AvgIpc) is 2.54. The first-order chi connectivity index (χ1) is 12.1. The topological polar surface area (TPSA) is 122 Å². The maximum absolute atomic E-state index is 12.5. The number of sulfonamides is 1. The van der Waals surface area contributed by atoms with E-state index < -0.39 is 34.5 Å². The summed E-state index contributed by atoms with van der Waals surface area (Å²) in [6.07, 6.45) is -1.02. The summed E-state index contributed by atoms with van der Waals surface area (Å²) < 4.78 is 30.7. The third-order valence-electron chi connectivity index (χ3n) is 3.26. The second-order valence-corrected chi connectivity index (χ2v) is 7.54. The van der Waals surface area contributed by atoms with E-state index in [-0.39, 0.29) is 10.8 Å². The van der Waals surface area contributed by atoms with Crippen molar-refractivity contribution in [2.75, 3.05) is 25.5 Å². The summed E-state index contributed by atoms with van der Waals surface area (Å²) in [6, 6.07) is 5.52. The van der Waals surface area contributed by atoms with Crippen molar-refractivity contribution < 1.29 is 27.5 Å². The van der Waals surface area contributed by atoms with Gasteiger partial charge in [-0.25, -0.2) is 8.42 Å². The van der Waals surface area contributed by atoms with Crippen molar-refractivity contribution >= 4 is 33.5 Å². The van der Waals surface area contributed by atoms with Gasteiger partial charge in [-0.1, -0.05) is 0 Å². The molecule has 9 nitrogen and oxygen atoms in total. The van der Waals surface area contributed by atoms with Crippen molar-refractivity contribution in [3.05, 3.63) is 24.3 Å². The summed E-state index contributed by atoms with van der Waals surface area (Å²) in [4.78, 5) is 34.4.